The van der Waals surface area contributed by atoms with Crippen molar-refractivity contribution in [2.75, 3.05) is 7.11 Å². The summed E-state index contributed by atoms with van der Waals surface area (Å²) in [5.41, 5.74) is 1.21. The lowest BCUT2D eigenvalue weighted by Gasteiger charge is -2.28. The van der Waals surface area contributed by atoms with Gasteiger partial charge in [-0.25, -0.2) is 0 Å². The monoisotopic (exact) mass is 304 g/mol. The molecule has 3 heteroatoms. The summed E-state index contributed by atoms with van der Waals surface area (Å²) in [4.78, 5) is 23.3. The molecule has 1 rings (SSSR count). The molecule has 0 fully saturated rings. The number of hydrogen-bond donors (Lipinski definition) is 0. The van der Waals surface area contributed by atoms with Gasteiger partial charge >= 0.3 is 5.97 Å². The van der Waals surface area contributed by atoms with Crippen molar-refractivity contribution in [1.82, 2.24) is 0 Å². The van der Waals surface area contributed by atoms with Gasteiger partial charge in [0.05, 0.1) is 12.5 Å². The van der Waals surface area contributed by atoms with Crippen LogP contribution in [0.15, 0.2) is 24.3 Å². The number of benzene rings is 1. The van der Waals surface area contributed by atoms with Gasteiger partial charge in [-0.15, -0.1) is 0 Å². The van der Waals surface area contributed by atoms with Gasteiger partial charge in [-0.2, -0.15) is 0 Å². The summed E-state index contributed by atoms with van der Waals surface area (Å²) in [6.45, 7) is 7.85. The van der Waals surface area contributed by atoms with Gasteiger partial charge in [0.25, 0.3) is 0 Å². The number of hydrogen-bond acceptors (Lipinski definition) is 3. The number of esters is 1. The summed E-state index contributed by atoms with van der Waals surface area (Å²) >= 11 is 0. The molecule has 0 amide bonds. The number of carbonyl (C=O) groups excluding carboxylic acids is 2. The highest BCUT2D eigenvalue weighted by atomic mass is 16.5. The Morgan fingerprint density at radius 1 is 1.18 bits per heavy atom. The largest absolute Gasteiger partial charge is 0.468 e. The zero-order valence-corrected chi connectivity index (χ0v) is 14.4. The summed E-state index contributed by atoms with van der Waals surface area (Å²) < 4.78 is 5.03. The highest BCUT2D eigenvalue weighted by Gasteiger charge is 2.36. The van der Waals surface area contributed by atoms with Crippen molar-refractivity contribution in [3.05, 3.63) is 35.4 Å². The first-order chi connectivity index (χ1) is 10.2. The molecule has 0 heterocycles. The lowest BCUT2D eigenvalue weighted by molar-refractivity contribution is -0.147. The van der Waals surface area contributed by atoms with Crippen LogP contribution in [0.2, 0.25) is 0 Å². The van der Waals surface area contributed by atoms with E-state index in [1.807, 2.05) is 52.0 Å². The average molecular weight is 304 g/mol. The van der Waals surface area contributed by atoms with E-state index >= 15 is 0 Å². The maximum Gasteiger partial charge on any atom is 0.315 e. The number of aldehydes is 1. The predicted molar refractivity (Wildman–Crippen MR) is 88.9 cm³/mol. The van der Waals surface area contributed by atoms with E-state index in [0.717, 1.165) is 43.1 Å². The summed E-state index contributed by atoms with van der Waals surface area (Å²) in [5.74, 6) is -0.201. The summed E-state index contributed by atoms with van der Waals surface area (Å²) in [5, 5.41) is 0. The van der Waals surface area contributed by atoms with E-state index in [2.05, 4.69) is 0 Å². The van der Waals surface area contributed by atoms with Crippen molar-refractivity contribution < 1.29 is 14.3 Å². The highest BCUT2D eigenvalue weighted by Crippen LogP contribution is 2.33. The molecule has 1 aromatic rings. The molecule has 0 aliphatic rings. The van der Waals surface area contributed by atoms with Gasteiger partial charge in [0.2, 0.25) is 0 Å². The summed E-state index contributed by atoms with van der Waals surface area (Å²) in [7, 11) is 1.44. The van der Waals surface area contributed by atoms with Crippen LogP contribution in [0.4, 0.5) is 0 Å². The van der Waals surface area contributed by atoms with Crippen LogP contribution in [-0.4, -0.2) is 19.4 Å². The number of aryl methyl sites for hydroxylation is 1. The van der Waals surface area contributed by atoms with Crippen LogP contribution >= 0.6 is 0 Å². The van der Waals surface area contributed by atoms with Crippen molar-refractivity contribution in [2.45, 2.75) is 58.8 Å². The number of methoxy groups -OCH3 is 1. The minimum atomic E-state index is -0.633. The van der Waals surface area contributed by atoms with Crippen molar-refractivity contribution >= 4 is 12.3 Å². The van der Waals surface area contributed by atoms with Crippen LogP contribution < -0.4 is 0 Å². The third kappa shape index (κ3) is 4.69. The van der Waals surface area contributed by atoms with Crippen molar-refractivity contribution in [1.29, 1.82) is 0 Å². The maximum absolute atomic E-state index is 12.3. The quantitative estimate of drug-likeness (QED) is 0.410. The van der Waals surface area contributed by atoms with E-state index in [-0.39, 0.29) is 11.4 Å². The predicted octanol–water partition coefficient (Wildman–Crippen LogP) is 4.21. The van der Waals surface area contributed by atoms with Crippen LogP contribution in [0.5, 0.6) is 0 Å². The Morgan fingerprint density at radius 3 is 2.36 bits per heavy atom. The molecular weight excluding hydrogens is 276 g/mol. The second-order valence-electron chi connectivity index (χ2n) is 7.01. The summed E-state index contributed by atoms with van der Waals surface area (Å²) in [6, 6.07) is 8.03. The normalized spacial score (nSPS) is 14.2. The van der Waals surface area contributed by atoms with Crippen LogP contribution in [0.3, 0.4) is 0 Å². The second-order valence-corrected chi connectivity index (χ2v) is 7.01. The number of rotatable bonds is 8. The zero-order chi connectivity index (χ0) is 16.8. The molecule has 0 aliphatic carbocycles. The number of carbonyl (C=O) groups is 2. The first-order valence-electron chi connectivity index (χ1n) is 7.87. The third-order valence-corrected chi connectivity index (χ3v) is 4.36. The Bertz CT molecular complexity index is 519. The molecule has 0 saturated heterocycles. The van der Waals surface area contributed by atoms with Gasteiger partial charge in [-0.1, -0.05) is 56.5 Å². The Labute approximate surface area is 134 Å². The molecule has 122 valence electrons. The minimum Gasteiger partial charge on any atom is -0.468 e. The first-order valence-corrected chi connectivity index (χ1v) is 7.87. The van der Waals surface area contributed by atoms with Crippen LogP contribution in [-0.2, 0) is 19.7 Å². The Kier molecular flexibility index (Phi) is 6.34. The Balaban J connectivity index is 2.81. The lowest BCUT2D eigenvalue weighted by atomic mass is 9.77. The molecule has 0 bridgehead atoms. The van der Waals surface area contributed by atoms with E-state index in [1.54, 1.807) is 0 Å². The molecule has 1 atom stereocenters. The molecule has 1 unspecified atom stereocenters. The van der Waals surface area contributed by atoms with E-state index < -0.39 is 5.41 Å². The van der Waals surface area contributed by atoms with Gasteiger partial charge in [0, 0.05) is 5.41 Å². The molecule has 22 heavy (non-hydrogen) atoms. The molecule has 0 radical (unpaired) electrons. The average Bonchev–Trinajstić information content (AvgIpc) is 2.50. The van der Waals surface area contributed by atoms with Gasteiger partial charge in [0.15, 0.2) is 0 Å². The van der Waals surface area contributed by atoms with E-state index in [4.69, 9.17) is 4.74 Å². The van der Waals surface area contributed by atoms with Crippen LogP contribution in [0.1, 0.15) is 57.6 Å². The zero-order valence-electron chi connectivity index (χ0n) is 14.4. The van der Waals surface area contributed by atoms with Crippen LogP contribution in [0.25, 0.3) is 0 Å². The first kappa shape index (κ1) is 18.4. The molecule has 0 saturated carbocycles. The van der Waals surface area contributed by atoms with Crippen LogP contribution in [0, 0.1) is 12.3 Å². The van der Waals surface area contributed by atoms with Crippen molar-refractivity contribution in [2.24, 2.45) is 5.41 Å². The molecule has 1 aromatic carbocycles. The fourth-order valence-corrected chi connectivity index (χ4v) is 2.70. The van der Waals surface area contributed by atoms with Crippen molar-refractivity contribution in [3.63, 3.8) is 0 Å². The topological polar surface area (TPSA) is 43.4 Å². The molecule has 0 spiro atoms. The van der Waals surface area contributed by atoms with Gasteiger partial charge in [-0.05, 0) is 32.3 Å². The Morgan fingerprint density at radius 2 is 1.82 bits per heavy atom. The van der Waals surface area contributed by atoms with Gasteiger partial charge in [-0.3, -0.25) is 4.79 Å². The summed E-state index contributed by atoms with van der Waals surface area (Å²) in [6.07, 6.45) is 4.37. The standard InChI is InChI=1S/C19H28O3/c1-15-9-8-10-16(13-15)19(4,17(21)22-5)12-7-6-11-18(2,3)14-20/h8-10,13-14H,6-7,11-12H2,1-5H3. The van der Waals surface area contributed by atoms with E-state index in [0.29, 0.717) is 0 Å². The van der Waals surface area contributed by atoms with E-state index in [1.165, 1.54) is 7.11 Å². The molecule has 0 aromatic heterocycles. The minimum absolute atomic E-state index is 0.201. The van der Waals surface area contributed by atoms with Crippen molar-refractivity contribution in [3.8, 4) is 0 Å². The Hall–Kier alpha value is -1.64. The fraction of sp³-hybridized carbons (Fsp3) is 0.579. The lowest BCUT2D eigenvalue weighted by Crippen LogP contribution is -2.34. The third-order valence-electron chi connectivity index (χ3n) is 4.36. The molecule has 0 N–H and O–H groups in total. The number of ether oxygens (including phenoxy) is 1. The smallest absolute Gasteiger partial charge is 0.315 e. The number of unbranched alkanes of at least 4 members (excludes halogenated alkanes) is 1. The molecule has 0 aliphatic heterocycles. The highest BCUT2D eigenvalue weighted by molar-refractivity contribution is 5.82. The molecular formula is C19H28O3. The van der Waals surface area contributed by atoms with E-state index in [9.17, 15) is 9.59 Å². The SMILES string of the molecule is COC(=O)C(C)(CCCCC(C)(C)C=O)c1cccc(C)c1. The molecule has 3 nitrogen and oxygen atoms in total. The maximum atomic E-state index is 12.3. The van der Waals surface area contributed by atoms with Gasteiger partial charge in [0.1, 0.15) is 6.29 Å². The van der Waals surface area contributed by atoms with Gasteiger partial charge < -0.3 is 9.53 Å². The second kappa shape index (κ2) is 7.57. The fourth-order valence-electron chi connectivity index (χ4n) is 2.70.